The predicted octanol–water partition coefficient (Wildman–Crippen LogP) is 3.97. The largest absolute Gasteiger partial charge is 0.496 e. The number of fused-ring (bicyclic) bond motifs is 1. The Morgan fingerprint density at radius 1 is 1.29 bits per heavy atom. The van der Waals surface area contributed by atoms with E-state index < -0.39 is 6.17 Å². The fraction of sp³-hybridized carbons (Fsp3) is 0.643. The van der Waals surface area contributed by atoms with Gasteiger partial charge in [-0.3, -0.25) is 4.98 Å². The van der Waals surface area contributed by atoms with Crippen LogP contribution in [0.5, 0.6) is 5.75 Å². The summed E-state index contributed by atoms with van der Waals surface area (Å²) in [6.45, 7) is 8.00. The fourth-order valence-electron chi connectivity index (χ4n) is 1.76. The van der Waals surface area contributed by atoms with Crippen molar-refractivity contribution in [1.29, 1.82) is 0 Å². The lowest BCUT2D eigenvalue weighted by molar-refractivity contribution is 0.293. The number of hydrogen-bond donors (Lipinski definition) is 0. The molecule has 17 heavy (non-hydrogen) atoms. The zero-order chi connectivity index (χ0) is 13.3. The van der Waals surface area contributed by atoms with Gasteiger partial charge in [-0.05, 0) is 18.9 Å². The molecule has 1 unspecified atom stereocenters. The van der Waals surface area contributed by atoms with Crippen LogP contribution >= 0.6 is 0 Å². The predicted molar refractivity (Wildman–Crippen MR) is 70.4 cm³/mol. The average molecular weight is 241 g/mol. The van der Waals surface area contributed by atoms with E-state index in [0.717, 1.165) is 23.4 Å². The molecule has 3 heteroatoms. The van der Waals surface area contributed by atoms with E-state index in [1.165, 1.54) is 0 Å². The number of rotatable bonds is 1. The van der Waals surface area contributed by atoms with E-state index >= 15 is 0 Å². The lowest BCUT2D eigenvalue weighted by atomic mass is 9.94. The van der Waals surface area contributed by atoms with Gasteiger partial charge in [0, 0.05) is 23.9 Å². The molecule has 1 heterocycles. The second-order valence-electron chi connectivity index (χ2n) is 3.28. The summed E-state index contributed by atoms with van der Waals surface area (Å²) in [5.41, 5.74) is 1.94. The number of aryl methyl sites for hydroxylation is 1. The van der Waals surface area contributed by atoms with Crippen LogP contribution in [-0.4, -0.2) is 18.3 Å². The summed E-state index contributed by atoms with van der Waals surface area (Å²) in [4.78, 5) is 4.22. The monoisotopic (exact) mass is 241 g/mol. The summed E-state index contributed by atoms with van der Waals surface area (Å²) in [6.07, 6.45) is 2.76. The number of hydrogen-bond acceptors (Lipinski definition) is 2. The van der Waals surface area contributed by atoms with Crippen molar-refractivity contribution >= 4 is 0 Å². The summed E-state index contributed by atoms with van der Waals surface area (Å²) in [7, 11) is 1.61. The highest BCUT2D eigenvalue weighted by Gasteiger charge is 2.21. The number of pyridine rings is 1. The van der Waals surface area contributed by atoms with Crippen molar-refractivity contribution in [2.45, 2.75) is 53.1 Å². The molecule has 0 fully saturated rings. The van der Waals surface area contributed by atoms with Crippen molar-refractivity contribution in [2.24, 2.45) is 0 Å². The first-order chi connectivity index (χ1) is 8.31. The Hall–Kier alpha value is -1.12. The van der Waals surface area contributed by atoms with Crippen LogP contribution in [-0.2, 0) is 12.8 Å². The van der Waals surface area contributed by atoms with Crippen LogP contribution in [0, 0.1) is 0 Å². The van der Waals surface area contributed by atoms with Crippen molar-refractivity contribution in [3.8, 4) is 5.75 Å². The summed E-state index contributed by atoms with van der Waals surface area (Å²) in [6, 6.07) is 1.79. The van der Waals surface area contributed by atoms with Crippen molar-refractivity contribution in [3.05, 3.63) is 23.5 Å². The molecule has 0 saturated heterocycles. The van der Waals surface area contributed by atoms with Gasteiger partial charge in [0.2, 0.25) is 0 Å². The van der Waals surface area contributed by atoms with Gasteiger partial charge >= 0.3 is 0 Å². The quantitative estimate of drug-likeness (QED) is 0.742. The minimum atomic E-state index is -0.731. The molecule has 0 radical (unpaired) electrons. The Kier molecular flexibility index (Phi) is 8.38. The van der Waals surface area contributed by atoms with Gasteiger partial charge in [-0.2, -0.15) is 0 Å². The van der Waals surface area contributed by atoms with Crippen molar-refractivity contribution in [1.82, 2.24) is 4.98 Å². The Balaban J connectivity index is 0.000000581. The van der Waals surface area contributed by atoms with Gasteiger partial charge in [0.1, 0.15) is 11.9 Å². The van der Waals surface area contributed by atoms with Crippen molar-refractivity contribution in [3.63, 3.8) is 0 Å². The standard InChI is InChI=1S/C10H12FNO.2C2H6/c1-13-10-4-5-12-9-3-2-7(11)6-8(9)10;2*1-2/h4-5,7H,2-3,6H2,1H3;2*1-2H3. The van der Waals surface area contributed by atoms with E-state index in [9.17, 15) is 4.39 Å². The zero-order valence-corrected chi connectivity index (χ0v) is 11.6. The van der Waals surface area contributed by atoms with Crippen LogP contribution in [0.25, 0.3) is 0 Å². The first-order valence-electron chi connectivity index (χ1n) is 6.46. The van der Waals surface area contributed by atoms with Gasteiger partial charge in [-0.1, -0.05) is 27.7 Å². The van der Waals surface area contributed by atoms with Crippen LogP contribution in [0.2, 0.25) is 0 Å². The third kappa shape index (κ3) is 4.33. The maximum atomic E-state index is 13.1. The van der Waals surface area contributed by atoms with Crippen LogP contribution in [0.4, 0.5) is 4.39 Å². The molecule has 2 rings (SSSR count). The maximum Gasteiger partial charge on any atom is 0.125 e. The molecule has 1 aromatic heterocycles. The Morgan fingerprint density at radius 3 is 2.53 bits per heavy atom. The molecular weight excluding hydrogens is 217 g/mol. The molecule has 0 spiro atoms. The lowest BCUT2D eigenvalue weighted by Crippen LogP contribution is -2.16. The SMILES string of the molecule is CC.CC.COc1ccnc2c1CC(F)CC2. The maximum absolute atomic E-state index is 13.1. The molecule has 1 atom stereocenters. The third-order valence-corrected chi connectivity index (χ3v) is 2.44. The fourth-order valence-corrected chi connectivity index (χ4v) is 1.76. The highest BCUT2D eigenvalue weighted by atomic mass is 19.1. The van der Waals surface area contributed by atoms with Crippen molar-refractivity contribution in [2.75, 3.05) is 7.11 Å². The van der Waals surface area contributed by atoms with Crippen LogP contribution in [0.15, 0.2) is 12.3 Å². The molecule has 1 aliphatic carbocycles. The lowest BCUT2D eigenvalue weighted by Gasteiger charge is -2.19. The summed E-state index contributed by atoms with van der Waals surface area (Å²) >= 11 is 0. The number of alkyl halides is 1. The van der Waals surface area contributed by atoms with Gasteiger partial charge in [0.15, 0.2) is 0 Å². The number of methoxy groups -OCH3 is 1. The molecule has 0 saturated carbocycles. The summed E-state index contributed by atoms with van der Waals surface area (Å²) < 4.78 is 18.2. The molecule has 1 aliphatic rings. The second kappa shape index (κ2) is 8.97. The molecule has 0 aliphatic heterocycles. The van der Waals surface area contributed by atoms with Gasteiger partial charge in [-0.25, -0.2) is 4.39 Å². The average Bonchev–Trinajstić information content (AvgIpc) is 2.42. The minimum Gasteiger partial charge on any atom is -0.496 e. The highest BCUT2D eigenvalue weighted by molar-refractivity contribution is 5.37. The smallest absolute Gasteiger partial charge is 0.125 e. The highest BCUT2D eigenvalue weighted by Crippen LogP contribution is 2.28. The normalized spacial score (nSPS) is 16.7. The molecular formula is C14H24FNO. The van der Waals surface area contributed by atoms with E-state index in [1.807, 2.05) is 27.7 Å². The molecule has 98 valence electrons. The Morgan fingerprint density at radius 2 is 1.94 bits per heavy atom. The molecule has 0 aromatic carbocycles. The molecule has 1 aromatic rings. The van der Waals surface area contributed by atoms with E-state index in [-0.39, 0.29) is 0 Å². The third-order valence-electron chi connectivity index (χ3n) is 2.44. The van der Waals surface area contributed by atoms with Gasteiger partial charge < -0.3 is 4.74 Å². The van der Waals surface area contributed by atoms with Crippen LogP contribution in [0.1, 0.15) is 45.4 Å². The summed E-state index contributed by atoms with van der Waals surface area (Å²) in [5, 5.41) is 0. The van der Waals surface area contributed by atoms with Gasteiger partial charge in [0.25, 0.3) is 0 Å². The molecule has 0 N–H and O–H groups in total. The van der Waals surface area contributed by atoms with E-state index in [0.29, 0.717) is 12.8 Å². The van der Waals surface area contributed by atoms with E-state index in [1.54, 1.807) is 19.4 Å². The minimum absolute atomic E-state index is 0.451. The molecule has 2 nitrogen and oxygen atoms in total. The molecule has 0 bridgehead atoms. The van der Waals surface area contributed by atoms with E-state index in [4.69, 9.17) is 4.74 Å². The first-order valence-corrected chi connectivity index (χ1v) is 6.46. The number of ether oxygens (including phenoxy) is 1. The van der Waals surface area contributed by atoms with Crippen LogP contribution in [0.3, 0.4) is 0 Å². The number of halogens is 1. The Labute approximate surface area is 104 Å². The Bertz CT molecular complexity index is 301. The van der Waals surface area contributed by atoms with Crippen LogP contribution < -0.4 is 4.74 Å². The second-order valence-corrected chi connectivity index (χ2v) is 3.28. The zero-order valence-electron chi connectivity index (χ0n) is 11.6. The number of aromatic nitrogens is 1. The number of nitrogens with zero attached hydrogens (tertiary/aromatic N) is 1. The van der Waals surface area contributed by atoms with Gasteiger partial charge in [-0.15, -0.1) is 0 Å². The topological polar surface area (TPSA) is 22.1 Å². The van der Waals surface area contributed by atoms with Gasteiger partial charge in [0.05, 0.1) is 7.11 Å². The van der Waals surface area contributed by atoms with Crippen molar-refractivity contribution < 1.29 is 9.13 Å². The molecule has 0 amide bonds. The first kappa shape index (κ1) is 15.9. The summed E-state index contributed by atoms with van der Waals surface area (Å²) in [5.74, 6) is 0.771. The van der Waals surface area contributed by atoms with E-state index in [2.05, 4.69) is 4.98 Å².